The average Bonchev–Trinajstić information content (AvgIpc) is 2.95. The van der Waals surface area contributed by atoms with Gasteiger partial charge in [0.1, 0.15) is 0 Å². The Morgan fingerprint density at radius 3 is 2.67 bits per heavy atom. The van der Waals surface area contributed by atoms with Gasteiger partial charge in [-0.3, -0.25) is 4.79 Å². The zero-order chi connectivity index (χ0) is 12.7. The van der Waals surface area contributed by atoms with E-state index in [0.717, 1.165) is 6.42 Å². The van der Waals surface area contributed by atoms with Crippen LogP contribution in [0.5, 0.6) is 0 Å². The van der Waals surface area contributed by atoms with Gasteiger partial charge >= 0.3 is 0 Å². The molecule has 1 saturated heterocycles. The maximum absolute atomic E-state index is 12.6. The van der Waals surface area contributed by atoms with Crippen molar-refractivity contribution in [2.24, 2.45) is 5.92 Å². The van der Waals surface area contributed by atoms with Crippen LogP contribution < -0.4 is 0 Å². The first-order valence-corrected chi connectivity index (χ1v) is 7.92. The van der Waals surface area contributed by atoms with Crippen molar-refractivity contribution in [1.82, 2.24) is 4.90 Å². The second-order valence-electron chi connectivity index (χ2n) is 5.84. The van der Waals surface area contributed by atoms with Crippen LogP contribution in [0.15, 0.2) is 17.5 Å². The topological polar surface area (TPSA) is 20.3 Å². The lowest BCUT2D eigenvalue weighted by atomic mass is 9.96. The van der Waals surface area contributed by atoms with Crippen molar-refractivity contribution >= 4 is 17.2 Å². The molecule has 1 aliphatic carbocycles. The van der Waals surface area contributed by atoms with Gasteiger partial charge in [-0.2, -0.15) is 0 Å². The van der Waals surface area contributed by atoms with Crippen molar-refractivity contribution in [1.29, 1.82) is 0 Å². The molecule has 2 heterocycles. The Bertz CT molecular complexity index is 418. The molecule has 4 unspecified atom stereocenters. The number of amides is 1. The summed E-state index contributed by atoms with van der Waals surface area (Å²) in [4.78, 5) is 16.2. The summed E-state index contributed by atoms with van der Waals surface area (Å²) in [6.45, 7) is 4.41. The van der Waals surface area contributed by atoms with E-state index in [1.807, 2.05) is 0 Å². The number of rotatable bonds is 2. The fourth-order valence-corrected chi connectivity index (χ4v) is 4.24. The molecule has 0 aromatic carbocycles. The molecular formula is C15H21NOS. The molecule has 0 radical (unpaired) electrons. The third-order valence-electron chi connectivity index (χ3n) is 4.46. The average molecular weight is 263 g/mol. The molecule has 2 nitrogen and oxygen atoms in total. The normalized spacial score (nSPS) is 35.6. The molecule has 1 amide bonds. The molecule has 1 aromatic heterocycles. The number of thiophene rings is 1. The Morgan fingerprint density at radius 1 is 1.33 bits per heavy atom. The number of hydrogen-bond donors (Lipinski definition) is 0. The van der Waals surface area contributed by atoms with Crippen molar-refractivity contribution < 1.29 is 4.79 Å². The minimum atomic E-state index is 0.270. The number of likely N-dealkylation sites (tertiary alicyclic amines) is 1. The zero-order valence-electron chi connectivity index (χ0n) is 11.1. The van der Waals surface area contributed by atoms with Crippen LogP contribution in [0.25, 0.3) is 0 Å². The van der Waals surface area contributed by atoms with Gasteiger partial charge in [-0.25, -0.2) is 0 Å². The van der Waals surface area contributed by atoms with Crippen LogP contribution in [0.1, 0.15) is 50.3 Å². The molecule has 0 bridgehead atoms. The van der Waals surface area contributed by atoms with E-state index in [2.05, 4.69) is 36.3 Å². The van der Waals surface area contributed by atoms with Gasteiger partial charge in [-0.05, 0) is 51.0 Å². The predicted octanol–water partition coefficient (Wildman–Crippen LogP) is 3.64. The highest BCUT2D eigenvalue weighted by atomic mass is 32.1. The molecule has 1 saturated carbocycles. The van der Waals surface area contributed by atoms with Gasteiger partial charge in [0.05, 0.1) is 0 Å². The molecule has 3 heteroatoms. The number of piperidine rings is 1. The molecule has 4 atom stereocenters. The highest BCUT2D eigenvalue weighted by Crippen LogP contribution is 2.50. The second kappa shape index (κ2) is 4.69. The van der Waals surface area contributed by atoms with Crippen molar-refractivity contribution in [3.05, 3.63) is 22.4 Å². The van der Waals surface area contributed by atoms with Crippen LogP contribution in [-0.2, 0) is 4.79 Å². The standard InChI is InChI=1S/C15H21NOS/c1-10-5-3-6-11(2)16(10)15(17)13-9-12(13)14-7-4-8-18-14/h4,7-8,10-13H,3,5-6,9H2,1-2H3. The van der Waals surface area contributed by atoms with Gasteiger partial charge in [-0.15, -0.1) is 11.3 Å². The van der Waals surface area contributed by atoms with Crippen LogP contribution in [0.2, 0.25) is 0 Å². The summed E-state index contributed by atoms with van der Waals surface area (Å²) in [5.74, 6) is 1.19. The molecule has 0 spiro atoms. The summed E-state index contributed by atoms with van der Waals surface area (Å²) < 4.78 is 0. The van der Waals surface area contributed by atoms with Crippen LogP contribution >= 0.6 is 11.3 Å². The maximum Gasteiger partial charge on any atom is 0.226 e. The monoisotopic (exact) mass is 263 g/mol. The van der Waals surface area contributed by atoms with Crippen LogP contribution in [0.4, 0.5) is 0 Å². The summed E-state index contributed by atoms with van der Waals surface area (Å²) in [6, 6.07) is 5.13. The second-order valence-corrected chi connectivity index (χ2v) is 6.82. The Hall–Kier alpha value is -0.830. The summed E-state index contributed by atoms with van der Waals surface area (Å²) >= 11 is 1.79. The molecule has 2 fully saturated rings. The van der Waals surface area contributed by atoms with Crippen LogP contribution in [0, 0.1) is 5.92 Å². The number of carbonyl (C=O) groups excluding carboxylic acids is 1. The fraction of sp³-hybridized carbons (Fsp3) is 0.667. The van der Waals surface area contributed by atoms with E-state index < -0.39 is 0 Å². The lowest BCUT2D eigenvalue weighted by Gasteiger charge is -2.39. The van der Waals surface area contributed by atoms with Gasteiger partial charge in [0.25, 0.3) is 0 Å². The minimum Gasteiger partial charge on any atom is -0.337 e. The minimum absolute atomic E-state index is 0.270. The lowest BCUT2D eigenvalue weighted by molar-refractivity contribution is -0.138. The summed E-state index contributed by atoms with van der Waals surface area (Å²) in [5.41, 5.74) is 0. The third kappa shape index (κ3) is 2.09. The number of nitrogens with zero attached hydrogens (tertiary/aromatic N) is 1. The third-order valence-corrected chi connectivity index (χ3v) is 5.47. The molecule has 98 valence electrons. The van der Waals surface area contributed by atoms with E-state index >= 15 is 0 Å². The van der Waals surface area contributed by atoms with E-state index in [1.165, 1.54) is 24.1 Å². The quantitative estimate of drug-likeness (QED) is 0.797. The molecule has 1 aliphatic heterocycles. The lowest BCUT2D eigenvalue weighted by Crippen LogP contribution is -2.48. The highest BCUT2D eigenvalue weighted by Gasteiger charge is 2.48. The Kier molecular flexibility index (Phi) is 3.18. The van der Waals surface area contributed by atoms with E-state index in [1.54, 1.807) is 11.3 Å². The van der Waals surface area contributed by atoms with Gasteiger partial charge in [-0.1, -0.05) is 6.07 Å². The largest absolute Gasteiger partial charge is 0.337 e. The zero-order valence-corrected chi connectivity index (χ0v) is 12.0. The molecule has 1 aromatic rings. The molecule has 0 N–H and O–H groups in total. The van der Waals surface area contributed by atoms with E-state index in [9.17, 15) is 4.79 Å². The molecule has 18 heavy (non-hydrogen) atoms. The molecule has 2 aliphatic rings. The molecule has 3 rings (SSSR count). The van der Waals surface area contributed by atoms with Crippen LogP contribution in [0.3, 0.4) is 0 Å². The van der Waals surface area contributed by atoms with Crippen molar-refractivity contribution in [2.45, 2.75) is 57.5 Å². The fourth-order valence-electron chi connectivity index (χ4n) is 3.33. The Balaban J connectivity index is 1.68. The Morgan fingerprint density at radius 2 is 2.06 bits per heavy atom. The van der Waals surface area contributed by atoms with Crippen molar-refractivity contribution in [2.75, 3.05) is 0 Å². The van der Waals surface area contributed by atoms with Gasteiger partial charge in [0, 0.05) is 28.8 Å². The van der Waals surface area contributed by atoms with E-state index in [4.69, 9.17) is 0 Å². The summed E-state index contributed by atoms with van der Waals surface area (Å²) in [7, 11) is 0. The van der Waals surface area contributed by atoms with Crippen LogP contribution in [-0.4, -0.2) is 22.9 Å². The number of hydrogen-bond acceptors (Lipinski definition) is 2. The van der Waals surface area contributed by atoms with Gasteiger partial charge in [0.15, 0.2) is 0 Å². The molecular weight excluding hydrogens is 242 g/mol. The maximum atomic E-state index is 12.6. The first kappa shape index (κ1) is 12.2. The van der Waals surface area contributed by atoms with E-state index in [-0.39, 0.29) is 5.92 Å². The van der Waals surface area contributed by atoms with Crippen molar-refractivity contribution in [3.8, 4) is 0 Å². The smallest absolute Gasteiger partial charge is 0.226 e. The highest BCUT2D eigenvalue weighted by molar-refractivity contribution is 7.10. The first-order chi connectivity index (χ1) is 8.68. The van der Waals surface area contributed by atoms with Gasteiger partial charge in [0.2, 0.25) is 5.91 Å². The van der Waals surface area contributed by atoms with Gasteiger partial charge < -0.3 is 4.90 Å². The summed E-state index contributed by atoms with van der Waals surface area (Å²) in [6.07, 6.45) is 4.68. The number of carbonyl (C=O) groups is 1. The predicted molar refractivity (Wildman–Crippen MR) is 74.8 cm³/mol. The van der Waals surface area contributed by atoms with E-state index in [0.29, 0.717) is 23.9 Å². The SMILES string of the molecule is CC1CCCC(C)N1C(=O)C1CC1c1cccs1. The summed E-state index contributed by atoms with van der Waals surface area (Å²) in [5, 5.41) is 2.11. The Labute approximate surface area is 113 Å². The first-order valence-electron chi connectivity index (χ1n) is 7.04. The van der Waals surface area contributed by atoms with Crippen molar-refractivity contribution in [3.63, 3.8) is 0 Å².